The summed E-state index contributed by atoms with van der Waals surface area (Å²) in [7, 11) is 0. The second kappa shape index (κ2) is 4.46. The number of nitrogens with zero attached hydrogens (tertiary/aromatic N) is 1. The van der Waals surface area contributed by atoms with Gasteiger partial charge in [-0.25, -0.2) is 0 Å². The van der Waals surface area contributed by atoms with Crippen molar-refractivity contribution < 1.29 is 4.79 Å². The molecule has 0 aliphatic heterocycles. The van der Waals surface area contributed by atoms with E-state index < -0.39 is 0 Å². The molecule has 0 saturated heterocycles. The molecule has 4 nitrogen and oxygen atoms in total. The molecule has 1 aromatic heterocycles. The van der Waals surface area contributed by atoms with Crippen LogP contribution in [0.3, 0.4) is 0 Å². The van der Waals surface area contributed by atoms with Crippen LogP contribution >= 0.6 is 11.6 Å². The Bertz CT molecular complexity index is 589. The second-order valence-electron chi connectivity index (χ2n) is 4.33. The Morgan fingerprint density at radius 3 is 2.78 bits per heavy atom. The van der Waals surface area contributed by atoms with Gasteiger partial charge in [0.05, 0.1) is 5.56 Å². The molecule has 1 heterocycles. The summed E-state index contributed by atoms with van der Waals surface area (Å²) in [6, 6.07) is 7.31. The molecule has 0 radical (unpaired) electrons. The summed E-state index contributed by atoms with van der Waals surface area (Å²) in [6.45, 7) is 0. The van der Waals surface area contributed by atoms with Gasteiger partial charge in [-0.3, -0.25) is 9.89 Å². The van der Waals surface area contributed by atoms with Crippen LogP contribution in [0.2, 0.25) is 5.02 Å². The molecular weight excluding hydrogens is 250 g/mol. The highest BCUT2D eigenvalue weighted by atomic mass is 35.5. The highest BCUT2D eigenvalue weighted by molar-refractivity contribution is 6.30. The number of benzene rings is 1. The van der Waals surface area contributed by atoms with Gasteiger partial charge in [-0.2, -0.15) is 5.10 Å². The van der Waals surface area contributed by atoms with Crippen molar-refractivity contribution in [3.8, 4) is 0 Å². The van der Waals surface area contributed by atoms with Gasteiger partial charge in [0.1, 0.15) is 0 Å². The lowest BCUT2D eigenvalue weighted by Crippen LogP contribution is -2.10. The predicted molar refractivity (Wildman–Crippen MR) is 70.6 cm³/mol. The third kappa shape index (κ3) is 1.99. The van der Waals surface area contributed by atoms with Crippen LogP contribution in [0.4, 0.5) is 11.5 Å². The zero-order valence-corrected chi connectivity index (χ0v) is 10.4. The van der Waals surface area contributed by atoms with Crippen molar-refractivity contribution in [3.05, 3.63) is 40.5 Å². The van der Waals surface area contributed by atoms with E-state index in [2.05, 4.69) is 15.5 Å². The highest BCUT2D eigenvalue weighted by Gasteiger charge is 2.23. The number of halogens is 1. The van der Waals surface area contributed by atoms with Crippen molar-refractivity contribution in [2.45, 2.75) is 19.3 Å². The fourth-order valence-electron chi connectivity index (χ4n) is 2.17. The van der Waals surface area contributed by atoms with E-state index in [1.165, 1.54) is 0 Å². The Morgan fingerprint density at radius 2 is 2.00 bits per heavy atom. The maximum atomic E-state index is 11.9. The van der Waals surface area contributed by atoms with Crippen LogP contribution in [0.15, 0.2) is 24.3 Å². The smallest absolute Gasteiger partial charge is 0.168 e. The maximum absolute atomic E-state index is 11.9. The van der Waals surface area contributed by atoms with Crippen LogP contribution < -0.4 is 5.32 Å². The first kappa shape index (κ1) is 11.3. The molecule has 2 aromatic rings. The molecule has 0 unspecified atom stereocenters. The number of nitrogens with one attached hydrogen (secondary N) is 2. The molecule has 2 N–H and O–H groups in total. The number of aromatic nitrogens is 2. The standard InChI is InChI=1S/C13H12ClN3O/c14-8-4-6-9(7-5-8)15-13-12-10(16-17-13)2-1-3-11(12)18/h4-7H,1-3H2,(H2,15,16,17). The van der Waals surface area contributed by atoms with E-state index in [-0.39, 0.29) is 5.78 Å². The summed E-state index contributed by atoms with van der Waals surface area (Å²) in [5.41, 5.74) is 2.51. The van der Waals surface area contributed by atoms with Gasteiger partial charge in [-0.05, 0) is 37.1 Å². The van der Waals surface area contributed by atoms with Gasteiger partial charge in [0, 0.05) is 22.8 Å². The molecule has 0 atom stereocenters. The van der Waals surface area contributed by atoms with E-state index in [1.807, 2.05) is 12.1 Å². The summed E-state index contributed by atoms with van der Waals surface area (Å²) < 4.78 is 0. The Hall–Kier alpha value is -1.81. The lowest BCUT2D eigenvalue weighted by Gasteiger charge is -2.11. The third-order valence-electron chi connectivity index (χ3n) is 3.06. The number of fused-ring (bicyclic) bond motifs is 1. The number of hydrogen-bond donors (Lipinski definition) is 2. The number of carbonyl (C=O) groups is 1. The number of aromatic amines is 1. The van der Waals surface area contributed by atoms with E-state index >= 15 is 0 Å². The van der Waals surface area contributed by atoms with E-state index in [4.69, 9.17) is 11.6 Å². The average molecular weight is 262 g/mol. The van der Waals surface area contributed by atoms with Crippen LogP contribution in [0.25, 0.3) is 0 Å². The van der Waals surface area contributed by atoms with Crippen LogP contribution in [-0.4, -0.2) is 16.0 Å². The normalized spacial score (nSPS) is 14.4. The number of hydrogen-bond acceptors (Lipinski definition) is 3. The van der Waals surface area contributed by atoms with Crippen molar-refractivity contribution in [3.63, 3.8) is 0 Å². The summed E-state index contributed by atoms with van der Waals surface area (Å²) in [5.74, 6) is 0.762. The Morgan fingerprint density at radius 1 is 1.22 bits per heavy atom. The lowest BCUT2D eigenvalue weighted by atomic mass is 9.96. The summed E-state index contributed by atoms with van der Waals surface area (Å²) in [5, 5.41) is 10.9. The highest BCUT2D eigenvalue weighted by Crippen LogP contribution is 2.28. The molecule has 0 saturated carbocycles. The van der Waals surface area contributed by atoms with Crippen LogP contribution in [0.1, 0.15) is 28.9 Å². The van der Waals surface area contributed by atoms with Gasteiger partial charge >= 0.3 is 0 Å². The SMILES string of the molecule is O=C1CCCc2[nH]nc(Nc3ccc(Cl)cc3)c21. The molecule has 0 bridgehead atoms. The van der Waals surface area contributed by atoms with Crippen LogP contribution in [0, 0.1) is 0 Å². The van der Waals surface area contributed by atoms with Gasteiger partial charge in [-0.1, -0.05) is 11.6 Å². The zero-order chi connectivity index (χ0) is 12.5. The third-order valence-corrected chi connectivity index (χ3v) is 3.31. The Kier molecular flexibility index (Phi) is 2.80. The van der Waals surface area contributed by atoms with Crippen molar-refractivity contribution in [1.82, 2.24) is 10.2 Å². The number of H-pyrrole nitrogens is 1. The number of carbonyl (C=O) groups excluding carboxylic acids is 1. The minimum absolute atomic E-state index is 0.154. The van der Waals surface area contributed by atoms with Crippen LogP contribution in [-0.2, 0) is 6.42 Å². The van der Waals surface area contributed by atoms with E-state index in [9.17, 15) is 4.79 Å². The van der Waals surface area contributed by atoms with Gasteiger partial charge in [0.2, 0.25) is 0 Å². The second-order valence-corrected chi connectivity index (χ2v) is 4.77. The fourth-order valence-corrected chi connectivity index (χ4v) is 2.30. The molecule has 1 aliphatic rings. The fraction of sp³-hybridized carbons (Fsp3) is 0.231. The lowest BCUT2D eigenvalue weighted by molar-refractivity contribution is 0.0973. The summed E-state index contributed by atoms with van der Waals surface area (Å²) in [4.78, 5) is 11.9. The molecule has 92 valence electrons. The minimum atomic E-state index is 0.154. The first-order valence-electron chi connectivity index (χ1n) is 5.87. The molecule has 5 heteroatoms. The quantitative estimate of drug-likeness (QED) is 0.872. The molecule has 18 heavy (non-hydrogen) atoms. The monoisotopic (exact) mass is 261 g/mol. The first-order chi connectivity index (χ1) is 8.74. The Balaban J connectivity index is 1.91. The molecule has 1 aliphatic carbocycles. The Labute approximate surface area is 109 Å². The zero-order valence-electron chi connectivity index (χ0n) is 9.66. The first-order valence-corrected chi connectivity index (χ1v) is 6.25. The molecule has 3 rings (SSSR count). The van der Waals surface area contributed by atoms with E-state index in [0.717, 1.165) is 24.2 Å². The van der Waals surface area contributed by atoms with Gasteiger partial charge in [0.25, 0.3) is 0 Å². The van der Waals surface area contributed by atoms with E-state index in [1.54, 1.807) is 12.1 Å². The molecule has 0 fully saturated rings. The predicted octanol–water partition coefficient (Wildman–Crippen LogP) is 3.33. The average Bonchev–Trinajstić information content (AvgIpc) is 2.77. The van der Waals surface area contributed by atoms with Crippen molar-refractivity contribution >= 4 is 28.9 Å². The largest absolute Gasteiger partial charge is 0.338 e. The summed E-state index contributed by atoms with van der Waals surface area (Å²) in [6.07, 6.45) is 2.38. The van der Waals surface area contributed by atoms with Gasteiger partial charge in [-0.15, -0.1) is 0 Å². The van der Waals surface area contributed by atoms with Crippen LogP contribution in [0.5, 0.6) is 0 Å². The van der Waals surface area contributed by atoms with Gasteiger partial charge in [0.15, 0.2) is 11.6 Å². The molecular formula is C13H12ClN3O. The topological polar surface area (TPSA) is 57.8 Å². The maximum Gasteiger partial charge on any atom is 0.168 e. The number of aryl methyl sites for hydroxylation is 1. The minimum Gasteiger partial charge on any atom is -0.338 e. The molecule has 0 amide bonds. The summed E-state index contributed by atoms with van der Waals surface area (Å²) >= 11 is 5.83. The van der Waals surface area contributed by atoms with Crippen molar-refractivity contribution in [2.75, 3.05) is 5.32 Å². The number of Topliss-reactive ketones (excluding diaryl/α,β-unsaturated/α-hetero) is 1. The molecule has 1 aromatic carbocycles. The van der Waals surface area contributed by atoms with Crippen molar-refractivity contribution in [2.24, 2.45) is 0 Å². The van der Waals surface area contributed by atoms with Gasteiger partial charge < -0.3 is 5.32 Å². The van der Waals surface area contributed by atoms with Crippen molar-refractivity contribution in [1.29, 1.82) is 0 Å². The number of anilines is 2. The molecule has 0 spiro atoms. The number of rotatable bonds is 2. The number of ketones is 1. The van der Waals surface area contributed by atoms with E-state index in [0.29, 0.717) is 22.8 Å².